The minimum atomic E-state index is -0.529. The number of aryl methyl sites for hydroxylation is 1. The number of anilines is 1. The van der Waals surface area contributed by atoms with Crippen molar-refractivity contribution >= 4 is 39.1 Å². The summed E-state index contributed by atoms with van der Waals surface area (Å²) in [5.41, 5.74) is 6.86. The second-order valence-corrected chi connectivity index (χ2v) is 11.0. The molecular formula is C31H28N4O3S. The number of esters is 1. The van der Waals surface area contributed by atoms with Gasteiger partial charge >= 0.3 is 5.97 Å². The van der Waals surface area contributed by atoms with Gasteiger partial charge in [0, 0.05) is 41.0 Å². The highest BCUT2D eigenvalue weighted by molar-refractivity contribution is 7.20. The molecule has 2 aromatic heterocycles. The molecule has 0 unspecified atom stereocenters. The first-order valence-corrected chi connectivity index (χ1v) is 14.1. The second-order valence-electron chi connectivity index (χ2n) is 9.96. The zero-order valence-corrected chi connectivity index (χ0v) is 22.6. The van der Waals surface area contributed by atoms with Crippen LogP contribution in [0.4, 0.5) is 5.00 Å². The van der Waals surface area contributed by atoms with Crippen LogP contribution in [0.3, 0.4) is 0 Å². The molecule has 2 aromatic carbocycles. The van der Waals surface area contributed by atoms with Crippen molar-refractivity contribution in [3.63, 3.8) is 0 Å². The van der Waals surface area contributed by atoms with E-state index in [0.717, 1.165) is 76.9 Å². The lowest BCUT2D eigenvalue weighted by atomic mass is 9.90. The number of carbonyl (C=O) groups is 2. The van der Waals surface area contributed by atoms with Gasteiger partial charge in [0.05, 0.1) is 16.6 Å². The van der Waals surface area contributed by atoms with Crippen molar-refractivity contribution in [3.8, 4) is 16.5 Å². The Balaban J connectivity index is 1.23. The predicted octanol–water partition coefficient (Wildman–Crippen LogP) is 5.50. The van der Waals surface area contributed by atoms with E-state index in [-0.39, 0.29) is 0 Å². The number of pyridine rings is 1. The number of rotatable bonds is 6. The average molecular weight is 537 g/mol. The summed E-state index contributed by atoms with van der Waals surface area (Å²) in [5.74, 6) is -0.996. The molecule has 39 heavy (non-hydrogen) atoms. The first-order chi connectivity index (χ1) is 19.1. The number of thiophene rings is 1. The predicted molar refractivity (Wildman–Crippen MR) is 152 cm³/mol. The van der Waals surface area contributed by atoms with Crippen LogP contribution in [0.1, 0.15) is 51.7 Å². The molecule has 8 heteroatoms. The summed E-state index contributed by atoms with van der Waals surface area (Å²) >= 11 is 1.40. The van der Waals surface area contributed by atoms with Crippen molar-refractivity contribution in [1.29, 1.82) is 5.26 Å². The third-order valence-electron chi connectivity index (χ3n) is 7.48. The molecule has 4 aromatic rings. The normalized spacial score (nSPS) is 14.2. The molecule has 0 bridgehead atoms. The molecule has 7 nitrogen and oxygen atoms in total. The van der Waals surface area contributed by atoms with E-state index >= 15 is 0 Å². The lowest BCUT2D eigenvalue weighted by molar-refractivity contribution is -0.119. The number of amides is 1. The number of nitrogens with zero attached hydrogens (tertiary/aromatic N) is 3. The Morgan fingerprint density at radius 1 is 1.10 bits per heavy atom. The van der Waals surface area contributed by atoms with Gasteiger partial charge in [0.25, 0.3) is 5.91 Å². The Hall–Kier alpha value is -4.06. The Labute approximate surface area is 231 Å². The highest BCUT2D eigenvalue weighted by Gasteiger charge is 2.28. The van der Waals surface area contributed by atoms with Crippen LogP contribution in [0.2, 0.25) is 0 Å². The van der Waals surface area contributed by atoms with Gasteiger partial charge in [-0.15, -0.1) is 11.3 Å². The Morgan fingerprint density at radius 3 is 2.77 bits per heavy atom. The fourth-order valence-electron chi connectivity index (χ4n) is 5.70. The van der Waals surface area contributed by atoms with E-state index in [1.165, 1.54) is 16.9 Å². The van der Waals surface area contributed by atoms with Gasteiger partial charge in [0.1, 0.15) is 11.1 Å². The van der Waals surface area contributed by atoms with Crippen LogP contribution < -0.4 is 5.32 Å². The van der Waals surface area contributed by atoms with Gasteiger partial charge in [-0.3, -0.25) is 14.7 Å². The van der Waals surface area contributed by atoms with Crippen molar-refractivity contribution in [1.82, 2.24) is 9.88 Å². The largest absolute Gasteiger partial charge is 0.452 e. The summed E-state index contributed by atoms with van der Waals surface area (Å²) in [6.45, 7) is 4.18. The van der Waals surface area contributed by atoms with Gasteiger partial charge in [-0.25, -0.2) is 4.79 Å². The van der Waals surface area contributed by atoms with E-state index in [4.69, 9.17) is 9.72 Å². The molecule has 0 spiro atoms. The van der Waals surface area contributed by atoms with Gasteiger partial charge in [0.2, 0.25) is 0 Å². The molecule has 1 aliphatic carbocycles. The topological polar surface area (TPSA) is 95.3 Å². The zero-order chi connectivity index (χ0) is 26.9. The number of nitrogens with one attached hydrogen (secondary N) is 1. The van der Waals surface area contributed by atoms with Crippen LogP contribution in [0.15, 0.2) is 48.5 Å². The van der Waals surface area contributed by atoms with Crippen molar-refractivity contribution in [2.75, 3.05) is 25.0 Å². The SMILES string of the molecule is CCCN1CCc2nc3ccccc3c(C(=O)OCC(=O)Nc3sc4c(c3C#N)CCc3ccccc3-4)c2C1. The molecular weight excluding hydrogens is 508 g/mol. The molecule has 0 saturated heterocycles. The fourth-order valence-corrected chi connectivity index (χ4v) is 6.98. The molecule has 0 atom stereocenters. The Morgan fingerprint density at radius 2 is 1.92 bits per heavy atom. The van der Waals surface area contributed by atoms with Crippen molar-refractivity contribution in [2.24, 2.45) is 0 Å². The molecule has 0 saturated carbocycles. The summed E-state index contributed by atoms with van der Waals surface area (Å²) in [6, 6.07) is 18.0. The number of fused-ring (bicyclic) bond motifs is 5. The van der Waals surface area contributed by atoms with E-state index in [1.807, 2.05) is 36.4 Å². The minimum absolute atomic E-state index is 0.438. The monoisotopic (exact) mass is 536 g/mol. The fraction of sp³-hybridized carbons (Fsp3) is 0.290. The van der Waals surface area contributed by atoms with E-state index in [2.05, 4.69) is 35.3 Å². The van der Waals surface area contributed by atoms with Crippen molar-refractivity contribution in [3.05, 3.63) is 82.0 Å². The summed E-state index contributed by atoms with van der Waals surface area (Å²) < 4.78 is 5.59. The van der Waals surface area contributed by atoms with Crippen LogP contribution in [-0.4, -0.2) is 41.5 Å². The quantitative estimate of drug-likeness (QED) is 0.327. The number of hydrogen-bond acceptors (Lipinski definition) is 7. The van der Waals surface area contributed by atoms with Crippen LogP contribution in [0.25, 0.3) is 21.3 Å². The van der Waals surface area contributed by atoms with Gasteiger partial charge < -0.3 is 10.1 Å². The third-order valence-corrected chi connectivity index (χ3v) is 8.66. The molecule has 2 aliphatic rings. The maximum atomic E-state index is 13.5. The minimum Gasteiger partial charge on any atom is -0.452 e. The maximum absolute atomic E-state index is 13.5. The molecule has 0 fully saturated rings. The third kappa shape index (κ3) is 4.69. The van der Waals surface area contributed by atoms with E-state index in [9.17, 15) is 14.9 Å². The number of carbonyl (C=O) groups excluding carboxylic acids is 2. The zero-order valence-electron chi connectivity index (χ0n) is 21.8. The molecule has 196 valence electrons. The highest BCUT2D eigenvalue weighted by atomic mass is 32.1. The standard InChI is InChI=1S/C31H28N4O3S/c1-2-14-35-15-13-26-24(17-35)28(22-9-5-6-10-25(22)33-26)31(37)38-18-27(36)34-30-23(16-32)21-12-11-19-7-3-4-8-20(19)29(21)39-30/h3-10H,2,11-15,17-18H2,1H3,(H,34,36). The smallest absolute Gasteiger partial charge is 0.339 e. The molecule has 1 aliphatic heterocycles. The molecule has 3 heterocycles. The van der Waals surface area contributed by atoms with Gasteiger partial charge in [-0.05, 0) is 48.6 Å². The molecule has 1 N–H and O–H groups in total. The number of nitriles is 1. The van der Waals surface area contributed by atoms with Crippen LogP contribution >= 0.6 is 11.3 Å². The molecule has 6 rings (SSSR count). The lowest BCUT2D eigenvalue weighted by Crippen LogP contribution is -2.33. The Bertz CT molecular complexity index is 1650. The summed E-state index contributed by atoms with van der Waals surface area (Å²) in [7, 11) is 0. The van der Waals surface area contributed by atoms with Crippen LogP contribution in [0, 0.1) is 11.3 Å². The summed E-state index contributed by atoms with van der Waals surface area (Å²) in [4.78, 5) is 34.6. The number of para-hydroxylation sites is 1. The lowest BCUT2D eigenvalue weighted by Gasteiger charge is -2.29. The molecule has 0 radical (unpaired) electrons. The number of ether oxygens (including phenoxy) is 1. The van der Waals surface area contributed by atoms with Crippen molar-refractivity contribution < 1.29 is 14.3 Å². The first kappa shape index (κ1) is 25.2. The van der Waals surface area contributed by atoms with Gasteiger partial charge in [0.15, 0.2) is 6.61 Å². The summed E-state index contributed by atoms with van der Waals surface area (Å²) in [5, 5.41) is 13.9. The first-order valence-electron chi connectivity index (χ1n) is 13.3. The highest BCUT2D eigenvalue weighted by Crippen LogP contribution is 2.44. The van der Waals surface area contributed by atoms with Gasteiger partial charge in [-0.2, -0.15) is 5.26 Å². The van der Waals surface area contributed by atoms with Crippen LogP contribution in [0.5, 0.6) is 0 Å². The Kier molecular flexibility index (Phi) is 6.86. The number of hydrogen-bond donors (Lipinski definition) is 1. The van der Waals surface area contributed by atoms with Crippen LogP contribution in [-0.2, 0) is 35.3 Å². The average Bonchev–Trinajstić information content (AvgIpc) is 3.32. The number of benzene rings is 2. The number of aromatic nitrogens is 1. The van der Waals surface area contributed by atoms with Gasteiger partial charge in [-0.1, -0.05) is 49.4 Å². The van der Waals surface area contributed by atoms with Crippen molar-refractivity contribution in [2.45, 2.75) is 39.2 Å². The molecule has 1 amide bonds. The van der Waals surface area contributed by atoms with E-state index in [0.29, 0.717) is 22.7 Å². The van der Waals surface area contributed by atoms with E-state index in [1.54, 1.807) is 0 Å². The maximum Gasteiger partial charge on any atom is 0.339 e. The second kappa shape index (κ2) is 10.6. The summed E-state index contributed by atoms with van der Waals surface area (Å²) in [6.07, 6.45) is 3.41. The van der Waals surface area contributed by atoms with E-state index < -0.39 is 18.5 Å².